The molecule has 1 N–H and O–H groups in total. The van der Waals surface area contributed by atoms with Crippen LogP contribution in [0.25, 0.3) is 6.08 Å². The van der Waals surface area contributed by atoms with Crippen LogP contribution in [0.4, 0.5) is 0 Å². The van der Waals surface area contributed by atoms with Crippen LogP contribution >= 0.6 is 11.6 Å². The second-order valence-electron chi connectivity index (χ2n) is 6.64. The Kier molecular flexibility index (Phi) is 9.14. The van der Waals surface area contributed by atoms with Gasteiger partial charge in [-0.1, -0.05) is 24.4 Å². The van der Waals surface area contributed by atoms with E-state index in [4.69, 9.17) is 21.1 Å². The van der Waals surface area contributed by atoms with Crippen LogP contribution in [0.1, 0.15) is 44.6 Å². The monoisotopic (exact) mass is 408 g/mol. The first-order chi connectivity index (χ1) is 13.5. The topological polar surface area (TPSA) is 67.9 Å². The molecule has 0 bridgehead atoms. The summed E-state index contributed by atoms with van der Waals surface area (Å²) in [6.07, 6.45) is 7.89. The molecule has 0 spiro atoms. The molecule has 0 atom stereocenters. The van der Waals surface area contributed by atoms with Crippen molar-refractivity contribution in [2.75, 3.05) is 33.4 Å². The van der Waals surface area contributed by atoms with Crippen LogP contribution < -0.4 is 14.8 Å². The van der Waals surface area contributed by atoms with Gasteiger partial charge in [-0.25, -0.2) is 0 Å². The average molecular weight is 409 g/mol. The second-order valence-corrected chi connectivity index (χ2v) is 7.04. The lowest BCUT2D eigenvalue weighted by Crippen LogP contribution is -2.34. The van der Waals surface area contributed by atoms with Crippen molar-refractivity contribution in [3.05, 3.63) is 28.8 Å². The van der Waals surface area contributed by atoms with Crippen LogP contribution in [0.15, 0.2) is 18.2 Å². The van der Waals surface area contributed by atoms with Crippen LogP contribution in [0.2, 0.25) is 5.02 Å². The first-order valence-corrected chi connectivity index (χ1v) is 10.2. The van der Waals surface area contributed by atoms with E-state index in [1.54, 1.807) is 18.2 Å². The number of hydrogen-bond donors (Lipinski definition) is 1. The molecule has 0 saturated carbocycles. The Bertz CT molecular complexity index is 698. The molecule has 0 unspecified atom stereocenters. The van der Waals surface area contributed by atoms with Gasteiger partial charge in [0.25, 0.3) is 0 Å². The van der Waals surface area contributed by atoms with Crippen LogP contribution in [0.5, 0.6) is 11.5 Å². The fourth-order valence-electron chi connectivity index (χ4n) is 3.12. The number of amides is 2. The summed E-state index contributed by atoms with van der Waals surface area (Å²) in [6.45, 7) is 4.32. The van der Waals surface area contributed by atoms with E-state index < -0.39 is 0 Å². The van der Waals surface area contributed by atoms with Crippen molar-refractivity contribution in [1.82, 2.24) is 10.2 Å². The number of halogens is 1. The van der Waals surface area contributed by atoms with Crippen LogP contribution in [-0.2, 0) is 9.59 Å². The molecule has 2 rings (SSSR count). The standard InChI is InChI=1S/C21H29ClN2O4/c1-3-28-21-17(22)14-16(15-18(21)27-2)8-9-19(25)23-11-10-20(26)24-12-6-4-5-7-13-24/h8-9,14-15H,3-7,10-13H2,1-2H3,(H,23,25)/b9-8+. The van der Waals surface area contributed by atoms with E-state index in [1.807, 2.05) is 11.8 Å². The van der Waals surface area contributed by atoms with Gasteiger partial charge in [0, 0.05) is 32.1 Å². The number of hydrogen-bond acceptors (Lipinski definition) is 4. The Morgan fingerprint density at radius 1 is 1.21 bits per heavy atom. The van der Waals surface area contributed by atoms with E-state index >= 15 is 0 Å². The number of carbonyl (C=O) groups excluding carboxylic acids is 2. The lowest BCUT2D eigenvalue weighted by Gasteiger charge is -2.20. The number of methoxy groups -OCH3 is 1. The van der Waals surface area contributed by atoms with Crippen molar-refractivity contribution in [2.45, 2.75) is 39.0 Å². The maximum Gasteiger partial charge on any atom is 0.244 e. The minimum Gasteiger partial charge on any atom is -0.493 e. The van der Waals surface area contributed by atoms with Gasteiger partial charge in [-0.15, -0.1) is 0 Å². The number of nitrogens with zero attached hydrogens (tertiary/aromatic N) is 1. The lowest BCUT2D eigenvalue weighted by molar-refractivity contribution is -0.131. The fourth-order valence-corrected chi connectivity index (χ4v) is 3.40. The maximum atomic E-state index is 12.2. The van der Waals surface area contributed by atoms with Gasteiger partial charge in [0.05, 0.1) is 18.7 Å². The van der Waals surface area contributed by atoms with Gasteiger partial charge in [-0.3, -0.25) is 9.59 Å². The highest BCUT2D eigenvalue weighted by atomic mass is 35.5. The SMILES string of the molecule is CCOc1c(Cl)cc(/C=C/C(=O)NCCC(=O)N2CCCCCC2)cc1OC. The van der Waals surface area contributed by atoms with E-state index in [0.717, 1.165) is 31.5 Å². The average Bonchev–Trinajstić information content (AvgIpc) is 2.97. The zero-order valence-corrected chi connectivity index (χ0v) is 17.4. The van der Waals surface area contributed by atoms with Crippen LogP contribution in [0, 0.1) is 0 Å². The Morgan fingerprint density at radius 3 is 2.57 bits per heavy atom. The van der Waals surface area contributed by atoms with Gasteiger partial charge in [0.15, 0.2) is 11.5 Å². The number of carbonyl (C=O) groups is 2. The number of ether oxygens (including phenoxy) is 2. The van der Waals surface area contributed by atoms with Crippen molar-refractivity contribution < 1.29 is 19.1 Å². The Hall–Kier alpha value is -2.21. The molecule has 154 valence electrons. The predicted octanol–water partition coefficient (Wildman–Crippen LogP) is 3.67. The van der Waals surface area contributed by atoms with Crippen molar-refractivity contribution in [3.8, 4) is 11.5 Å². The second kappa shape index (κ2) is 11.6. The third kappa shape index (κ3) is 6.75. The largest absolute Gasteiger partial charge is 0.493 e. The molecule has 0 aromatic heterocycles. The molecule has 2 amide bonds. The van der Waals surface area contributed by atoms with Crippen molar-refractivity contribution in [3.63, 3.8) is 0 Å². The maximum absolute atomic E-state index is 12.2. The van der Waals surface area contributed by atoms with E-state index in [1.165, 1.54) is 26.0 Å². The number of benzene rings is 1. The quantitative estimate of drug-likeness (QED) is 0.666. The Balaban J connectivity index is 1.84. The highest BCUT2D eigenvalue weighted by molar-refractivity contribution is 6.32. The summed E-state index contributed by atoms with van der Waals surface area (Å²) in [6, 6.07) is 3.46. The lowest BCUT2D eigenvalue weighted by atomic mass is 10.2. The van der Waals surface area contributed by atoms with Gasteiger partial charge >= 0.3 is 0 Å². The summed E-state index contributed by atoms with van der Waals surface area (Å²) in [7, 11) is 1.54. The minimum atomic E-state index is -0.257. The van der Waals surface area contributed by atoms with E-state index in [0.29, 0.717) is 36.1 Å². The summed E-state index contributed by atoms with van der Waals surface area (Å²) in [5.41, 5.74) is 0.723. The molecule has 1 fully saturated rings. The molecule has 7 heteroatoms. The molecule has 1 aromatic carbocycles. The Morgan fingerprint density at radius 2 is 1.93 bits per heavy atom. The molecule has 6 nitrogen and oxygen atoms in total. The van der Waals surface area contributed by atoms with Gasteiger partial charge in [0.2, 0.25) is 11.8 Å². The summed E-state index contributed by atoms with van der Waals surface area (Å²) in [5.74, 6) is 0.847. The summed E-state index contributed by atoms with van der Waals surface area (Å²) < 4.78 is 10.8. The molecule has 0 aliphatic carbocycles. The molecule has 1 aliphatic rings. The summed E-state index contributed by atoms with van der Waals surface area (Å²) >= 11 is 6.23. The molecule has 1 aromatic rings. The molecule has 28 heavy (non-hydrogen) atoms. The molecule has 1 heterocycles. The summed E-state index contributed by atoms with van der Waals surface area (Å²) in [5, 5.41) is 3.17. The van der Waals surface area contributed by atoms with Crippen LogP contribution in [-0.4, -0.2) is 50.1 Å². The van der Waals surface area contributed by atoms with Crippen molar-refractivity contribution in [2.24, 2.45) is 0 Å². The number of likely N-dealkylation sites (tertiary alicyclic amines) is 1. The van der Waals surface area contributed by atoms with Crippen molar-refractivity contribution in [1.29, 1.82) is 0 Å². The minimum absolute atomic E-state index is 0.106. The van der Waals surface area contributed by atoms with Gasteiger partial charge in [-0.2, -0.15) is 0 Å². The Labute approximate surface area is 171 Å². The third-order valence-corrected chi connectivity index (χ3v) is 4.85. The molecular formula is C21H29ClN2O4. The number of rotatable bonds is 8. The summed E-state index contributed by atoms with van der Waals surface area (Å²) in [4.78, 5) is 26.2. The smallest absolute Gasteiger partial charge is 0.244 e. The molecule has 1 aliphatic heterocycles. The van der Waals surface area contributed by atoms with Gasteiger partial charge < -0.3 is 19.7 Å². The molecular weight excluding hydrogens is 380 g/mol. The first-order valence-electron chi connectivity index (χ1n) is 9.79. The van der Waals surface area contributed by atoms with Gasteiger partial charge in [0.1, 0.15) is 0 Å². The van der Waals surface area contributed by atoms with Gasteiger partial charge in [-0.05, 0) is 43.5 Å². The van der Waals surface area contributed by atoms with E-state index in [2.05, 4.69) is 5.32 Å². The third-order valence-electron chi connectivity index (χ3n) is 4.56. The normalized spacial score (nSPS) is 14.6. The molecule has 1 saturated heterocycles. The zero-order chi connectivity index (χ0) is 20.4. The van der Waals surface area contributed by atoms with Crippen molar-refractivity contribution >= 4 is 29.5 Å². The molecule has 0 radical (unpaired) electrons. The zero-order valence-electron chi connectivity index (χ0n) is 16.6. The first kappa shape index (κ1) is 22.1. The number of nitrogens with one attached hydrogen (secondary N) is 1. The highest BCUT2D eigenvalue weighted by Gasteiger charge is 2.15. The van der Waals surface area contributed by atoms with E-state index in [9.17, 15) is 9.59 Å². The predicted molar refractivity (Wildman–Crippen MR) is 111 cm³/mol. The van der Waals surface area contributed by atoms with Crippen LogP contribution in [0.3, 0.4) is 0 Å². The fraction of sp³-hybridized carbons (Fsp3) is 0.524. The highest BCUT2D eigenvalue weighted by Crippen LogP contribution is 2.36. The van der Waals surface area contributed by atoms with E-state index in [-0.39, 0.29) is 11.8 Å².